The zero-order valence-electron chi connectivity index (χ0n) is 12.9. The van der Waals surface area contributed by atoms with Crippen LogP contribution in [0, 0.1) is 0 Å². The fourth-order valence-corrected chi connectivity index (χ4v) is 2.35. The van der Waals surface area contributed by atoms with Crippen LogP contribution in [-0.4, -0.2) is 11.0 Å². The van der Waals surface area contributed by atoms with Gasteiger partial charge in [-0.25, -0.2) is 0 Å². The number of carbonyl (C=O) groups is 1. The van der Waals surface area contributed by atoms with E-state index in [1.165, 1.54) is 12.2 Å². The van der Waals surface area contributed by atoms with Gasteiger partial charge in [0.2, 0.25) is 5.91 Å². The van der Waals surface area contributed by atoms with Crippen molar-refractivity contribution in [2.75, 3.05) is 5.32 Å². The van der Waals surface area contributed by atoms with Gasteiger partial charge < -0.3 is 5.32 Å². The van der Waals surface area contributed by atoms with E-state index < -0.39 is 17.6 Å². The molecule has 136 valence electrons. The number of hydrogen-bond donors (Lipinski definition) is 2. The Morgan fingerprint density at radius 3 is 2.35 bits per heavy atom. The van der Waals surface area contributed by atoms with Crippen LogP contribution in [0.4, 0.5) is 18.9 Å². The molecule has 0 bridgehead atoms. The molecule has 0 radical (unpaired) electrons. The van der Waals surface area contributed by atoms with E-state index in [9.17, 15) is 18.0 Å². The van der Waals surface area contributed by atoms with Gasteiger partial charge in [0.25, 0.3) is 0 Å². The molecule has 0 spiro atoms. The molecule has 0 unspecified atom stereocenters. The average Bonchev–Trinajstić information content (AvgIpc) is 2.55. The third kappa shape index (κ3) is 6.01. The number of benzene rings is 2. The van der Waals surface area contributed by atoms with E-state index in [-0.39, 0.29) is 15.8 Å². The molecular weight excluding hydrogens is 408 g/mol. The number of amides is 1. The molecule has 0 atom stereocenters. The largest absolute Gasteiger partial charge is 0.416 e. The summed E-state index contributed by atoms with van der Waals surface area (Å²) in [6, 6.07) is 9.52. The van der Waals surface area contributed by atoms with Crippen molar-refractivity contribution < 1.29 is 18.0 Å². The minimum absolute atomic E-state index is 0.0336. The van der Waals surface area contributed by atoms with Gasteiger partial charge in [0.15, 0.2) is 5.11 Å². The van der Waals surface area contributed by atoms with Crippen LogP contribution in [-0.2, 0) is 11.0 Å². The lowest BCUT2D eigenvalue weighted by Crippen LogP contribution is -2.33. The van der Waals surface area contributed by atoms with Crippen molar-refractivity contribution in [1.82, 2.24) is 5.32 Å². The lowest BCUT2D eigenvalue weighted by atomic mass is 10.2. The third-order valence-electron chi connectivity index (χ3n) is 3.08. The first-order valence-corrected chi connectivity index (χ1v) is 8.24. The molecule has 0 heterocycles. The molecule has 3 nitrogen and oxygen atoms in total. The standard InChI is InChI=1S/C17H11Cl2F3N2OS/c18-12-5-1-10(2-6-12)3-8-15(25)24-16(26)23-14-9-11(17(20,21)22)4-7-13(14)19/h1-9H,(H2,23,24,25,26)/b8-3+. The van der Waals surface area contributed by atoms with Crippen molar-refractivity contribution in [2.24, 2.45) is 0 Å². The summed E-state index contributed by atoms with van der Waals surface area (Å²) in [5.41, 5.74) is -0.209. The summed E-state index contributed by atoms with van der Waals surface area (Å²) >= 11 is 16.5. The Balaban J connectivity index is 2.00. The van der Waals surface area contributed by atoms with Crippen LogP contribution < -0.4 is 10.6 Å². The number of alkyl halides is 3. The lowest BCUT2D eigenvalue weighted by molar-refractivity contribution is -0.137. The third-order valence-corrected chi connectivity index (χ3v) is 3.86. The molecule has 0 aliphatic carbocycles. The number of nitrogens with one attached hydrogen (secondary N) is 2. The van der Waals surface area contributed by atoms with E-state index in [1.54, 1.807) is 24.3 Å². The Labute approximate surface area is 162 Å². The number of hydrogen-bond acceptors (Lipinski definition) is 2. The van der Waals surface area contributed by atoms with Crippen LogP contribution in [0.15, 0.2) is 48.5 Å². The van der Waals surface area contributed by atoms with Crippen molar-refractivity contribution in [3.8, 4) is 0 Å². The minimum atomic E-state index is -4.52. The number of anilines is 1. The Morgan fingerprint density at radius 1 is 1.08 bits per heavy atom. The lowest BCUT2D eigenvalue weighted by Gasteiger charge is -2.13. The maximum Gasteiger partial charge on any atom is 0.416 e. The first-order valence-electron chi connectivity index (χ1n) is 7.07. The molecule has 2 aromatic rings. The number of rotatable bonds is 3. The summed E-state index contributed by atoms with van der Waals surface area (Å²) in [4.78, 5) is 11.8. The highest BCUT2D eigenvalue weighted by Gasteiger charge is 2.31. The number of thiocarbonyl (C=S) groups is 1. The number of halogens is 5. The molecule has 2 rings (SSSR count). The predicted octanol–water partition coefficient (Wildman–Crippen LogP) is 5.54. The van der Waals surface area contributed by atoms with Crippen LogP contribution in [0.1, 0.15) is 11.1 Å². The van der Waals surface area contributed by atoms with Crippen molar-refractivity contribution in [3.05, 3.63) is 69.7 Å². The molecule has 0 saturated heterocycles. The molecule has 0 aliphatic heterocycles. The van der Waals surface area contributed by atoms with Gasteiger partial charge in [0.1, 0.15) is 0 Å². The van der Waals surface area contributed by atoms with Crippen LogP contribution in [0.2, 0.25) is 10.0 Å². The predicted molar refractivity (Wildman–Crippen MR) is 101 cm³/mol. The molecule has 0 aliphatic rings. The fraction of sp³-hybridized carbons (Fsp3) is 0.0588. The molecular formula is C17H11Cl2F3N2OS. The normalized spacial score (nSPS) is 11.4. The first-order chi connectivity index (χ1) is 12.1. The van der Waals surface area contributed by atoms with Gasteiger partial charge in [-0.1, -0.05) is 35.3 Å². The highest BCUT2D eigenvalue weighted by molar-refractivity contribution is 7.80. The van der Waals surface area contributed by atoms with Crippen molar-refractivity contribution in [1.29, 1.82) is 0 Å². The smallest absolute Gasteiger partial charge is 0.331 e. The monoisotopic (exact) mass is 418 g/mol. The van der Waals surface area contributed by atoms with E-state index >= 15 is 0 Å². The van der Waals surface area contributed by atoms with Crippen molar-refractivity contribution in [3.63, 3.8) is 0 Å². The Bertz CT molecular complexity index is 852. The Kier molecular flexibility index (Phi) is 6.63. The number of carbonyl (C=O) groups excluding carboxylic acids is 1. The molecule has 2 N–H and O–H groups in total. The quantitative estimate of drug-likeness (QED) is 0.507. The van der Waals surface area contributed by atoms with Gasteiger partial charge in [0, 0.05) is 11.1 Å². The van der Waals surface area contributed by atoms with Crippen molar-refractivity contribution >= 4 is 58.2 Å². The van der Waals surface area contributed by atoms with Crippen LogP contribution in [0.25, 0.3) is 6.08 Å². The van der Waals surface area contributed by atoms with Gasteiger partial charge in [-0.3, -0.25) is 10.1 Å². The first kappa shape index (κ1) is 20.2. The summed E-state index contributed by atoms with van der Waals surface area (Å²) in [5.74, 6) is -0.555. The second-order valence-electron chi connectivity index (χ2n) is 5.02. The van der Waals surface area contributed by atoms with Gasteiger partial charge >= 0.3 is 6.18 Å². The van der Waals surface area contributed by atoms with Gasteiger partial charge in [-0.05, 0) is 54.2 Å². The Hall–Kier alpha value is -2.09. The van der Waals surface area contributed by atoms with Gasteiger partial charge in [-0.2, -0.15) is 13.2 Å². The van der Waals surface area contributed by atoms with Gasteiger partial charge in [0.05, 0.1) is 16.3 Å². The fourth-order valence-electron chi connectivity index (χ4n) is 1.85. The second kappa shape index (κ2) is 8.53. The van der Waals surface area contributed by atoms with Crippen LogP contribution in [0.3, 0.4) is 0 Å². The van der Waals surface area contributed by atoms with E-state index in [1.807, 2.05) is 0 Å². The summed E-state index contributed by atoms with van der Waals surface area (Å²) in [5, 5.41) is 5.21. The average molecular weight is 419 g/mol. The summed E-state index contributed by atoms with van der Waals surface area (Å²) < 4.78 is 38.2. The molecule has 0 saturated carbocycles. The van der Waals surface area contributed by atoms with Gasteiger partial charge in [-0.15, -0.1) is 0 Å². The summed E-state index contributed by atoms with van der Waals surface area (Å²) in [6.45, 7) is 0. The topological polar surface area (TPSA) is 41.1 Å². The van der Waals surface area contributed by atoms with E-state index in [2.05, 4.69) is 10.6 Å². The molecule has 1 amide bonds. The highest BCUT2D eigenvalue weighted by atomic mass is 35.5. The van der Waals surface area contributed by atoms with Crippen molar-refractivity contribution in [2.45, 2.75) is 6.18 Å². The maximum absolute atomic E-state index is 12.7. The maximum atomic E-state index is 12.7. The molecule has 0 fully saturated rings. The van der Waals surface area contributed by atoms with E-state index in [4.69, 9.17) is 35.4 Å². The Morgan fingerprint density at radius 2 is 1.73 bits per heavy atom. The highest BCUT2D eigenvalue weighted by Crippen LogP contribution is 2.33. The minimum Gasteiger partial charge on any atom is -0.331 e. The van der Waals surface area contributed by atoms with E-state index in [0.717, 1.165) is 23.8 Å². The van der Waals surface area contributed by atoms with Crippen LogP contribution >= 0.6 is 35.4 Å². The van der Waals surface area contributed by atoms with Crippen LogP contribution in [0.5, 0.6) is 0 Å². The zero-order valence-corrected chi connectivity index (χ0v) is 15.2. The van der Waals surface area contributed by atoms with E-state index in [0.29, 0.717) is 5.02 Å². The molecule has 26 heavy (non-hydrogen) atoms. The second-order valence-corrected chi connectivity index (χ2v) is 6.27. The SMILES string of the molecule is O=C(/C=C/c1ccc(Cl)cc1)NC(=S)Nc1cc(C(F)(F)F)ccc1Cl. The summed E-state index contributed by atoms with van der Waals surface area (Å²) in [7, 11) is 0. The molecule has 9 heteroatoms. The molecule has 2 aromatic carbocycles. The molecule has 0 aromatic heterocycles. The zero-order chi connectivity index (χ0) is 19.3. The summed E-state index contributed by atoms with van der Waals surface area (Å²) in [6.07, 6.45) is -1.76.